The molecule has 2 aromatic rings. The smallest absolute Gasteiger partial charge is 0.214 e. The van der Waals surface area contributed by atoms with Gasteiger partial charge < -0.3 is 15.1 Å². The van der Waals surface area contributed by atoms with Gasteiger partial charge in [0.05, 0.1) is 12.2 Å². The molecule has 0 saturated carbocycles. The normalized spacial score (nSPS) is 11.0. The Balaban J connectivity index is 0.00000242. The van der Waals surface area contributed by atoms with Crippen LogP contribution in [0.5, 0.6) is 0 Å². The molecule has 0 bridgehead atoms. The monoisotopic (exact) mass is 478 g/mol. The number of nitrogens with one attached hydrogen (secondary N) is 2. The van der Waals surface area contributed by atoms with Crippen LogP contribution < -0.4 is 10.6 Å². The second kappa shape index (κ2) is 9.14. The summed E-state index contributed by atoms with van der Waals surface area (Å²) in [6.45, 7) is 5.05. The zero-order valence-electron chi connectivity index (χ0n) is 12.8. The van der Waals surface area contributed by atoms with Gasteiger partial charge in [0.1, 0.15) is 5.76 Å². The van der Waals surface area contributed by atoms with E-state index < -0.39 is 0 Å². The van der Waals surface area contributed by atoms with Crippen molar-refractivity contribution in [2.24, 2.45) is 4.99 Å². The quantitative estimate of drug-likeness (QED) is 0.401. The number of benzene rings is 1. The van der Waals surface area contributed by atoms with E-state index in [1.54, 1.807) is 7.05 Å². The molecule has 1 heterocycles. The van der Waals surface area contributed by atoms with E-state index in [0.717, 1.165) is 15.9 Å². The molecule has 1 aromatic heterocycles. The summed E-state index contributed by atoms with van der Waals surface area (Å²) in [4.78, 5) is 8.51. The Morgan fingerprint density at radius 1 is 1.27 bits per heavy atom. The fourth-order valence-electron chi connectivity index (χ4n) is 1.83. The molecule has 0 amide bonds. The Kier molecular flexibility index (Phi) is 7.88. The Morgan fingerprint density at radius 2 is 2.00 bits per heavy atom. The second-order valence-corrected chi connectivity index (χ2v) is 5.57. The van der Waals surface area contributed by atoms with Gasteiger partial charge in [-0.3, -0.25) is 4.99 Å². The molecule has 2 rings (SSSR count). The number of oxazole rings is 1. The van der Waals surface area contributed by atoms with E-state index in [1.807, 2.05) is 26.0 Å². The number of rotatable bonds is 4. The van der Waals surface area contributed by atoms with Crippen molar-refractivity contribution in [2.45, 2.75) is 26.9 Å². The fourth-order valence-corrected chi connectivity index (χ4v) is 2.27. The van der Waals surface area contributed by atoms with Crippen LogP contribution in [0.15, 0.2) is 38.1 Å². The second-order valence-electron chi connectivity index (χ2n) is 4.66. The number of nitrogens with zero attached hydrogens (tertiary/aromatic N) is 2. The third-order valence-corrected chi connectivity index (χ3v) is 3.55. The number of aromatic nitrogens is 1. The van der Waals surface area contributed by atoms with Gasteiger partial charge in [0.15, 0.2) is 5.96 Å². The molecule has 0 radical (unpaired) electrons. The highest BCUT2D eigenvalue weighted by Gasteiger charge is 2.06. The van der Waals surface area contributed by atoms with Gasteiger partial charge in [-0.1, -0.05) is 28.1 Å². The van der Waals surface area contributed by atoms with Crippen molar-refractivity contribution >= 4 is 45.9 Å². The number of halogens is 2. The maximum absolute atomic E-state index is 5.53. The Hall–Kier alpha value is -1.09. The summed E-state index contributed by atoms with van der Waals surface area (Å²) in [5.74, 6) is 2.22. The average molecular weight is 479 g/mol. The first-order chi connectivity index (χ1) is 10.1. The summed E-state index contributed by atoms with van der Waals surface area (Å²) in [7, 11) is 1.74. The number of hydrogen-bond acceptors (Lipinski definition) is 3. The first-order valence-electron chi connectivity index (χ1n) is 6.70. The zero-order chi connectivity index (χ0) is 15.2. The van der Waals surface area contributed by atoms with Crippen LogP contribution in [0.2, 0.25) is 0 Å². The predicted molar refractivity (Wildman–Crippen MR) is 103 cm³/mol. The van der Waals surface area contributed by atoms with Crippen LogP contribution in [0, 0.1) is 13.8 Å². The average Bonchev–Trinajstić information content (AvgIpc) is 2.78. The van der Waals surface area contributed by atoms with Crippen LogP contribution in [0.1, 0.15) is 22.9 Å². The molecular weight excluding hydrogens is 459 g/mol. The van der Waals surface area contributed by atoms with Crippen LogP contribution in [-0.4, -0.2) is 18.0 Å². The van der Waals surface area contributed by atoms with Gasteiger partial charge in [0.2, 0.25) is 5.89 Å². The van der Waals surface area contributed by atoms with Gasteiger partial charge >= 0.3 is 0 Å². The van der Waals surface area contributed by atoms with E-state index in [0.29, 0.717) is 24.9 Å². The molecule has 22 heavy (non-hydrogen) atoms. The van der Waals surface area contributed by atoms with Crippen molar-refractivity contribution in [3.8, 4) is 0 Å². The maximum atomic E-state index is 5.53. The molecule has 7 heteroatoms. The van der Waals surface area contributed by atoms with Crippen molar-refractivity contribution in [1.29, 1.82) is 0 Å². The minimum atomic E-state index is 0. The summed E-state index contributed by atoms with van der Waals surface area (Å²) in [6.07, 6.45) is 0. The van der Waals surface area contributed by atoms with E-state index in [1.165, 1.54) is 5.56 Å². The SMILES string of the molecule is CN=C(NCc1cccc(Br)c1)NCc1nc(C)c(C)o1.I. The van der Waals surface area contributed by atoms with Gasteiger partial charge in [-0.25, -0.2) is 4.98 Å². The molecule has 2 N–H and O–H groups in total. The largest absolute Gasteiger partial charge is 0.444 e. The molecular formula is C15H20BrIN4O. The lowest BCUT2D eigenvalue weighted by Crippen LogP contribution is -2.36. The van der Waals surface area contributed by atoms with Crippen molar-refractivity contribution < 1.29 is 4.42 Å². The summed E-state index contributed by atoms with van der Waals surface area (Å²) < 4.78 is 6.59. The third-order valence-electron chi connectivity index (χ3n) is 3.05. The summed E-state index contributed by atoms with van der Waals surface area (Å²) in [5, 5.41) is 6.44. The molecule has 0 spiro atoms. The number of aliphatic imine (C=N–C) groups is 1. The molecule has 1 aromatic carbocycles. The predicted octanol–water partition coefficient (Wildman–Crippen LogP) is 3.54. The third kappa shape index (κ3) is 5.60. The van der Waals surface area contributed by atoms with E-state index >= 15 is 0 Å². The summed E-state index contributed by atoms with van der Waals surface area (Å²) in [5.41, 5.74) is 2.10. The maximum Gasteiger partial charge on any atom is 0.214 e. The van der Waals surface area contributed by atoms with E-state index in [2.05, 4.69) is 48.7 Å². The highest BCUT2D eigenvalue weighted by molar-refractivity contribution is 14.0. The highest BCUT2D eigenvalue weighted by atomic mass is 127. The number of guanidine groups is 1. The highest BCUT2D eigenvalue weighted by Crippen LogP contribution is 2.11. The van der Waals surface area contributed by atoms with Gasteiger partial charge in [-0.2, -0.15) is 0 Å². The Labute approximate surface area is 156 Å². The molecule has 0 aliphatic heterocycles. The molecule has 0 atom stereocenters. The topological polar surface area (TPSA) is 62.5 Å². The first kappa shape index (κ1) is 19.0. The molecule has 0 fully saturated rings. The lowest BCUT2D eigenvalue weighted by atomic mass is 10.2. The fraction of sp³-hybridized carbons (Fsp3) is 0.333. The molecule has 0 aliphatic carbocycles. The molecule has 5 nitrogen and oxygen atoms in total. The standard InChI is InChI=1S/C15H19BrN4O.HI/c1-10-11(2)21-14(20-10)9-19-15(17-3)18-8-12-5-4-6-13(16)7-12;/h4-7H,8-9H2,1-3H3,(H2,17,18,19);1H. The lowest BCUT2D eigenvalue weighted by molar-refractivity contribution is 0.463. The Morgan fingerprint density at radius 3 is 2.59 bits per heavy atom. The summed E-state index contributed by atoms with van der Waals surface area (Å²) in [6, 6.07) is 8.15. The lowest BCUT2D eigenvalue weighted by Gasteiger charge is -2.10. The van der Waals surface area contributed by atoms with Crippen LogP contribution in [0.3, 0.4) is 0 Å². The van der Waals surface area contributed by atoms with Crippen LogP contribution >= 0.6 is 39.9 Å². The van der Waals surface area contributed by atoms with E-state index in [4.69, 9.17) is 4.42 Å². The van der Waals surface area contributed by atoms with E-state index in [-0.39, 0.29) is 24.0 Å². The van der Waals surface area contributed by atoms with E-state index in [9.17, 15) is 0 Å². The summed E-state index contributed by atoms with van der Waals surface area (Å²) >= 11 is 3.46. The first-order valence-corrected chi connectivity index (χ1v) is 7.49. The number of hydrogen-bond donors (Lipinski definition) is 2. The van der Waals surface area contributed by atoms with Gasteiger partial charge in [-0.05, 0) is 31.5 Å². The molecule has 0 unspecified atom stereocenters. The zero-order valence-corrected chi connectivity index (χ0v) is 16.7. The minimum absolute atomic E-state index is 0. The van der Waals surface area contributed by atoms with Crippen molar-refractivity contribution in [2.75, 3.05) is 7.05 Å². The van der Waals surface area contributed by atoms with Gasteiger partial charge in [0, 0.05) is 18.1 Å². The minimum Gasteiger partial charge on any atom is -0.444 e. The molecule has 120 valence electrons. The molecule has 0 aliphatic rings. The number of aryl methyl sites for hydroxylation is 2. The Bertz CT molecular complexity index is 623. The molecule has 0 saturated heterocycles. The van der Waals surface area contributed by atoms with Gasteiger partial charge in [0.25, 0.3) is 0 Å². The van der Waals surface area contributed by atoms with Gasteiger partial charge in [-0.15, -0.1) is 24.0 Å². The van der Waals surface area contributed by atoms with Crippen LogP contribution in [-0.2, 0) is 13.1 Å². The van der Waals surface area contributed by atoms with Crippen molar-refractivity contribution in [1.82, 2.24) is 15.6 Å². The van der Waals surface area contributed by atoms with Crippen molar-refractivity contribution in [3.63, 3.8) is 0 Å². The van der Waals surface area contributed by atoms with Crippen LogP contribution in [0.4, 0.5) is 0 Å². The van der Waals surface area contributed by atoms with Crippen LogP contribution in [0.25, 0.3) is 0 Å². The van der Waals surface area contributed by atoms with Crippen molar-refractivity contribution in [3.05, 3.63) is 51.6 Å².